The van der Waals surface area contributed by atoms with Gasteiger partial charge in [-0.1, -0.05) is 0 Å². The molecule has 0 spiro atoms. The quantitative estimate of drug-likeness (QED) is 0.714. The van der Waals surface area contributed by atoms with Gasteiger partial charge in [0.1, 0.15) is 0 Å². The van der Waals surface area contributed by atoms with Crippen LogP contribution < -0.4 is 0 Å². The van der Waals surface area contributed by atoms with Gasteiger partial charge in [0.2, 0.25) is 15.9 Å². The lowest BCUT2D eigenvalue weighted by Crippen LogP contribution is -2.50. The minimum absolute atomic E-state index is 0.0300. The van der Waals surface area contributed by atoms with Gasteiger partial charge in [0.25, 0.3) is 0 Å². The van der Waals surface area contributed by atoms with E-state index in [1.807, 2.05) is 13.8 Å². The van der Waals surface area contributed by atoms with Gasteiger partial charge in [-0.05, 0) is 27.7 Å². The maximum Gasteiger partial charge on any atom is 0.224 e. The van der Waals surface area contributed by atoms with Crippen molar-refractivity contribution in [2.24, 2.45) is 0 Å². The van der Waals surface area contributed by atoms with Crippen LogP contribution in [0.15, 0.2) is 0 Å². The molecule has 1 aromatic heterocycles. The molecule has 8 nitrogen and oxygen atoms in total. The molecule has 1 saturated heterocycles. The smallest absolute Gasteiger partial charge is 0.224 e. The Morgan fingerprint density at radius 2 is 1.72 bits per heavy atom. The van der Waals surface area contributed by atoms with Crippen LogP contribution in [0.2, 0.25) is 0 Å². The number of hydrogen-bond acceptors (Lipinski definition) is 5. The summed E-state index contributed by atoms with van der Waals surface area (Å²) in [4.78, 5) is 25.9. The summed E-state index contributed by atoms with van der Waals surface area (Å²) in [5.41, 5.74) is 2.05. The summed E-state index contributed by atoms with van der Waals surface area (Å²) in [6.45, 7) is 8.48. The zero-order chi connectivity index (χ0) is 18.9. The van der Waals surface area contributed by atoms with Gasteiger partial charge < -0.3 is 4.90 Å². The molecular formula is C16H26N4O4S. The number of sulfonamides is 1. The Labute approximate surface area is 148 Å². The van der Waals surface area contributed by atoms with Gasteiger partial charge in [0.05, 0.1) is 23.6 Å². The molecule has 0 unspecified atom stereocenters. The number of aromatic nitrogens is 2. The second kappa shape index (κ2) is 7.25. The van der Waals surface area contributed by atoms with Gasteiger partial charge in [-0.2, -0.15) is 9.40 Å². The maximum absolute atomic E-state index is 12.5. The van der Waals surface area contributed by atoms with Crippen molar-refractivity contribution in [3.63, 3.8) is 0 Å². The van der Waals surface area contributed by atoms with E-state index >= 15 is 0 Å². The summed E-state index contributed by atoms with van der Waals surface area (Å²) in [7, 11) is -3.21. The maximum atomic E-state index is 12.5. The summed E-state index contributed by atoms with van der Waals surface area (Å²) < 4.78 is 26.2. The number of nitrogens with zero attached hydrogens (tertiary/aromatic N) is 4. The van der Waals surface area contributed by atoms with E-state index in [2.05, 4.69) is 5.10 Å². The van der Waals surface area contributed by atoms with Crippen molar-refractivity contribution in [1.29, 1.82) is 0 Å². The van der Waals surface area contributed by atoms with Gasteiger partial charge in [0, 0.05) is 38.3 Å². The van der Waals surface area contributed by atoms with E-state index in [9.17, 15) is 18.0 Å². The standard InChI is InChI=1S/C16H26N4O4S/c1-11(20-13(3)16(14(4)21)12(2)17-20)10-15(22)18-6-8-19(9-7-18)25(5,23)24/h11H,6-10H2,1-5H3/t11-/m1/s1. The van der Waals surface area contributed by atoms with Crippen molar-refractivity contribution in [1.82, 2.24) is 19.0 Å². The Morgan fingerprint density at radius 1 is 1.16 bits per heavy atom. The number of ketones is 1. The molecule has 1 fully saturated rings. The highest BCUT2D eigenvalue weighted by Gasteiger charge is 2.27. The molecule has 0 aromatic carbocycles. The van der Waals surface area contributed by atoms with Crippen LogP contribution in [0.5, 0.6) is 0 Å². The summed E-state index contributed by atoms with van der Waals surface area (Å²) >= 11 is 0. The lowest BCUT2D eigenvalue weighted by molar-refractivity contribution is -0.133. The number of amides is 1. The molecule has 0 aliphatic carbocycles. The van der Waals surface area contributed by atoms with E-state index < -0.39 is 10.0 Å². The van der Waals surface area contributed by atoms with Gasteiger partial charge in [-0.25, -0.2) is 8.42 Å². The Bertz CT molecular complexity index is 776. The molecule has 0 bridgehead atoms. The molecule has 0 radical (unpaired) electrons. The van der Waals surface area contributed by atoms with Crippen LogP contribution >= 0.6 is 0 Å². The minimum atomic E-state index is -3.21. The first kappa shape index (κ1) is 19.6. The first-order valence-electron chi connectivity index (χ1n) is 8.32. The number of carbonyl (C=O) groups is 2. The second-order valence-electron chi connectivity index (χ2n) is 6.64. The Morgan fingerprint density at radius 3 is 2.16 bits per heavy atom. The van der Waals surface area contributed by atoms with E-state index in [0.717, 1.165) is 5.69 Å². The monoisotopic (exact) mass is 370 g/mol. The lowest BCUT2D eigenvalue weighted by Gasteiger charge is -2.33. The first-order valence-corrected chi connectivity index (χ1v) is 10.2. The highest BCUT2D eigenvalue weighted by molar-refractivity contribution is 7.88. The zero-order valence-electron chi connectivity index (χ0n) is 15.4. The number of hydrogen-bond donors (Lipinski definition) is 0. The summed E-state index contributed by atoms with van der Waals surface area (Å²) in [5, 5.41) is 4.41. The number of Topliss-reactive ketones (excluding diaryl/α,β-unsaturated/α-hetero) is 1. The average Bonchev–Trinajstić information content (AvgIpc) is 2.81. The molecule has 1 atom stereocenters. The highest BCUT2D eigenvalue weighted by atomic mass is 32.2. The SMILES string of the molecule is CC(=O)c1c(C)nn([C@H](C)CC(=O)N2CCN(S(C)(=O)=O)CC2)c1C. The Hall–Kier alpha value is -1.74. The van der Waals surface area contributed by atoms with Crippen molar-refractivity contribution in [3.05, 3.63) is 17.0 Å². The summed E-state index contributed by atoms with van der Waals surface area (Å²) in [5.74, 6) is -0.0609. The molecule has 9 heteroatoms. The summed E-state index contributed by atoms with van der Waals surface area (Å²) in [6, 6.07) is -0.174. The largest absolute Gasteiger partial charge is 0.340 e. The van der Waals surface area contributed by atoms with Gasteiger partial charge in [-0.15, -0.1) is 0 Å². The first-order chi connectivity index (χ1) is 11.5. The average molecular weight is 370 g/mol. The molecule has 25 heavy (non-hydrogen) atoms. The minimum Gasteiger partial charge on any atom is -0.340 e. The van der Waals surface area contributed by atoms with Crippen LogP contribution in [-0.2, 0) is 14.8 Å². The van der Waals surface area contributed by atoms with E-state index in [-0.39, 0.29) is 24.2 Å². The fraction of sp³-hybridized carbons (Fsp3) is 0.688. The van der Waals surface area contributed by atoms with Gasteiger partial charge in [0.15, 0.2) is 5.78 Å². The number of piperazine rings is 1. The predicted molar refractivity (Wildman–Crippen MR) is 94.0 cm³/mol. The lowest BCUT2D eigenvalue weighted by atomic mass is 10.1. The Balaban J connectivity index is 2.02. The topological polar surface area (TPSA) is 92.6 Å². The fourth-order valence-electron chi connectivity index (χ4n) is 3.34. The molecular weight excluding hydrogens is 344 g/mol. The van der Waals surface area contributed by atoms with E-state index in [4.69, 9.17) is 0 Å². The van der Waals surface area contributed by atoms with Crippen molar-refractivity contribution in [3.8, 4) is 0 Å². The van der Waals surface area contributed by atoms with Crippen LogP contribution in [0.3, 0.4) is 0 Å². The zero-order valence-corrected chi connectivity index (χ0v) is 16.3. The third-order valence-corrected chi connectivity index (χ3v) is 5.93. The number of aryl methyl sites for hydroxylation is 1. The van der Waals surface area contributed by atoms with Gasteiger partial charge in [-0.3, -0.25) is 14.3 Å². The summed E-state index contributed by atoms with van der Waals surface area (Å²) in [6.07, 6.45) is 1.44. The van der Waals surface area contributed by atoms with E-state index in [1.54, 1.807) is 16.5 Å². The van der Waals surface area contributed by atoms with Crippen molar-refractivity contribution in [2.75, 3.05) is 32.4 Å². The van der Waals surface area contributed by atoms with Crippen LogP contribution in [-0.4, -0.2) is 71.5 Å². The molecule has 2 rings (SSSR count). The molecule has 0 saturated carbocycles. The van der Waals surface area contributed by atoms with Crippen LogP contribution in [0.25, 0.3) is 0 Å². The number of rotatable bonds is 5. The molecule has 1 aromatic rings. The number of carbonyl (C=O) groups excluding carboxylic acids is 2. The van der Waals surface area contributed by atoms with Gasteiger partial charge >= 0.3 is 0 Å². The molecule has 1 amide bonds. The normalized spacial score (nSPS) is 17.6. The van der Waals surface area contributed by atoms with E-state index in [1.165, 1.54) is 17.5 Å². The van der Waals surface area contributed by atoms with Crippen LogP contribution in [0.1, 0.15) is 48.1 Å². The van der Waals surface area contributed by atoms with Crippen LogP contribution in [0.4, 0.5) is 0 Å². The third-order valence-electron chi connectivity index (χ3n) is 4.62. The van der Waals surface area contributed by atoms with Crippen LogP contribution in [0, 0.1) is 13.8 Å². The molecule has 0 N–H and O–H groups in total. The van der Waals surface area contributed by atoms with Crippen molar-refractivity contribution >= 4 is 21.7 Å². The molecule has 2 heterocycles. The highest BCUT2D eigenvalue weighted by Crippen LogP contribution is 2.21. The van der Waals surface area contributed by atoms with Crippen molar-refractivity contribution < 1.29 is 18.0 Å². The predicted octanol–water partition coefficient (Wildman–Crippen LogP) is 0.757. The molecule has 1 aliphatic rings. The molecule has 140 valence electrons. The van der Waals surface area contributed by atoms with E-state index in [0.29, 0.717) is 37.4 Å². The van der Waals surface area contributed by atoms with Crippen molar-refractivity contribution in [2.45, 2.75) is 40.2 Å². The Kier molecular flexibility index (Phi) is 5.68. The molecule has 1 aliphatic heterocycles. The third kappa shape index (κ3) is 4.27. The second-order valence-corrected chi connectivity index (χ2v) is 8.62. The fourth-order valence-corrected chi connectivity index (χ4v) is 4.17.